The maximum absolute atomic E-state index is 13.0. The molecule has 34 heavy (non-hydrogen) atoms. The third kappa shape index (κ3) is 5.40. The minimum Gasteiger partial charge on any atom is -0.492 e. The van der Waals surface area contributed by atoms with Gasteiger partial charge >= 0.3 is 0 Å². The van der Waals surface area contributed by atoms with Gasteiger partial charge in [0.25, 0.3) is 5.91 Å². The van der Waals surface area contributed by atoms with Gasteiger partial charge in [-0.1, -0.05) is 72.8 Å². The van der Waals surface area contributed by atoms with E-state index in [0.717, 1.165) is 11.1 Å². The van der Waals surface area contributed by atoms with Crippen molar-refractivity contribution in [3.05, 3.63) is 108 Å². The Morgan fingerprint density at radius 1 is 1.03 bits per heavy atom. The lowest BCUT2D eigenvalue weighted by atomic mass is 10.1. The van der Waals surface area contributed by atoms with Gasteiger partial charge in [0.1, 0.15) is 17.4 Å². The standard InChI is InChI=1S/C28H24N4O2/c1-2-34-26-16-10-9-15-25(26)30-28(33)23(18-29)17-24-20-32(19-21-11-5-3-6-12-21)31-27(24)22-13-7-4-8-14-22/h3-17,20H,2,19H2,1H3,(H,30,33)/b23-17-. The largest absolute Gasteiger partial charge is 0.492 e. The van der Waals surface area contributed by atoms with E-state index >= 15 is 0 Å². The van der Waals surface area contributed by atoms with Crippen LogP contribution < -0.4 is 10.1 Å². The summed E-state index contributed by atoms with van der Waals surface area (Å²) in [5, 5.41) is 17.3. The highest BCUT2D eigenvalue weighted by molar-refractivity contribution is 6.10. The number of hydrogen-bond acceptors (Lipinski definition) is 4. The molecule has 168 valence electrons. The average molecular weight is 449 g/mol. The van der Waals surface area contributed by atoms with Gasteiger partial charge in [-0.05, 0) is 30.7 Å². The van der Waals surface area contributed by atoms with Crippen molar-refractivity contribution >= 4 is 17.7 Å². The maximum Gasteiger partial charge on any atom is 0.266 e. The second-order valence-electron chi connectivity index (χ2n) is 7.54. The molecule has 0 aliphatic rings. The zero-order valence-corrected chi connectivity index (χ0v) is 18.8. The predicted octanol–water partition coefficient (Wildman–Crippen LogP) is 5.54. The molecule has 1 aromatic heterocycles. The highest BCUT2D eigenvalue weighted by atomic mass is 16.5. The number of nitrogens with zero attached hydrogens (tertiary/aromatic N) is 3. The molecule has 1 heterocycles. The number of benzene rings is 3. The Balaban J connectivity index is 1.68. The summed E-state index contributed by atoms with van der Waals surface area (Å²) in [4.78, 5) is 13.0. The van der Waals surface area contributed by atoms with Gasteiger partial charge in [-0.25, -0.2) is 0 Å². The SMILES string of the molecule is CCOc1ccccc1NC(=O)/C(C#N)=C\c1cn(Cc2ccccc2)nc1-c1ccccc1. The maximum atomic E-state index is 13.0. The third-order valence-electron chi connectivity index (χ3n) is 5.12. The lowest BCUT2D eigenvalue weighted by Gasteiger charge is -2.10. The average Bonchev–Trinajstić information content (AvgIpc) is 3.27. The Bertz CT molecular complexity index is 1340. The van der Waals surface area contributed by atoms with Crippen LogP contribution in [0.3, 0.4) is 0 Å². The van der Waals surface area contributed by atoms with Crippen molar-refractivity contribution < 1.29 is 9.53 Å². The van der Waals surface area contributed by atoms with Crippen LogP contribution in [-0.2, 0) is 11.3 Å². The Kier molecular flexibility index (Phi) is 7.16. The van der Waals surface area contributed by atoms with Crippen LogP contribution in [0, 0.1) is 11.3 Å². The number of nitriles is 1. The van der Waals surface area contributed by atoms with E-state index in [1.165, 1.54) is 0 Å². The van der Waals surface area contributed by atoms with Gasteiger partial charge in [-0.15, -0.1) is 0 Å². The van der Waals surface area contributed by atoms with Gasteiger partial charge in [0.2, 0.25) is 0 Å². The molecule has 0 bridgehead atoms. The quantitative estimate of drug-likeness (QED) is 0.283. The molecule has 0 fully saturated rings. The van der Waals surface area contributed by atoms with Crippen molar-refractivity contribution in [1.82, 2.24) is 9.78 Å². The summed E-state index contributed by atoms with van der Waals surface area (Å²) in [5.74, 6) is 0.0424. The van der Waals surface area contributed by atoms with E-state index in [4.69, 9.17) is 9.84 Å². The van der Waals surface area contributed by atoms with Crippen LogP contribution in [0.25, 0.3) is 17.3 Å². The fourth-order valence-corrected chi connectivity index (χ4v) is 3.56. The van der Waals surface area contributed by atoms with Gasteiger partial charge in [-0.3, -0.25) is 9.48 Å². The van der Waals surface area contributed by atoms with Crippen molar-refractivity contribution in [2.24, 2.45) is 0 Å². The van der Waals surface area contributed by atoms with Crippen molar-refractivity contribution in [2.45, 2.75) is 13.5 Å². The van der Waals surface area contributed by atoms with Crippen LogP contribution >= 0.6 is 0 Å². The molecule has 4 aromatic rings. The summed E-state index contributed by atoms with van der Waals surface area (Å²) in [6, 6.07) is 28.9. The lowest BCUT2D eigenvalue weighted by Crippen LogP contribution is -2.14. The summed E-state index contributed by atoms with van der Waals surface area (Å²) in [6.45, 7) is 2.91. The fourth-order valence-electron chi connectivity index (χ4n) is 3.56. The van der Waals surface area contributed by atoms with Crippen LogP contribution in [0.1, 0.15) is 18.1 Å². The molecule has 0 spiro atoms. The topological polar surface area (TPSA) is 79.9 Å². The molecule has 3 aromatic carbocycles. The third-order valence-corrected chi connectivity index (χ3v) is 5.12. The fraction of sp³-hybridized carbons (Fsp3) is 0.107. The number of nitrogens with one attached hydrogen (secondary N) is 1. The molecule has 0 saturated carbocycles. The van der Waals surface area contributed by atoms with Crippen molar-refractivity contribution in [1.29, 1.82) is 5.26 Å². The molecule has 1 N–H and O–H groups in total. The number of carbonyl (C=O) groups is 1. The molecular formula is C28H24N4O2. The van der Waals surface area contributed by atoms with E-state index in [2.05, 4.69) is 5.32 Å². The van der Waals surface area contributed by atoms with E-state index < -0.39 is 5.91 Å². The molecule has 0 radical (unpaired) electrons. The van der Waals surface area contributed by atoms with E-state index in [0.29, 0.717) is 35.8 Å². The smallest absolute Gasteiger partial charge is 0.266 e. The van der Waals surface area contributed by atoms with Gasteiger partial charge in [0, 0.05) is 17.3 Å². The molecule has 1 amide bonds. The molecule has 6 heteroatoms. The number of aromatic nitrogens is 2. The normalized spacial score (nSPS) is 11.0. The summed E-state index contributed by atoms with van der Waals surface area (Å²) in [7, 11) is 0. The lowest BCUT2D eigenvalue weighted by molar-refractivity contribution is -0.112. The Labute approximate surface area is 198 Å². The van der Waals surface area contributed by atoms with Gasteiger partial charge in [0.15, 0.2) is 0 Å². The number of para-hydroxylation sites is 2. The Morgan fingerprint density at radius 3 is 2.41 bits per heavy atom. The van der Waals surface area contributed by atoms with Crippen LogP contribution in [0.5, 0.6) is 5.75 Å². The van der Waals surface area contributed by atoms with Crippen molar-refractivity contribution in [3.63, 3.8) is 0 Å². The minimum atomic E-state index is -0.510. The van der Waals surface area contributed by atoms with Crippen molar-refractivity contribution in [3.8, 4) is 23.1 Å². The van der Waals surface area contributed by atoms with Crippen LogP contribution in [0.2, 0.25) is 0 Å². The molecule has 0 saturated heterocycles. The number of anilines is 1. The first kappa shape index (κ1) is 22.6. The van der Waals surface area contributed by atoms with Gasteiger partial charge < -0.3 is 10.1 Å². The van der Waals surface area contributed by atoms with Crippen molar-refractivity contribution in [2.75, 3.05) is 11.9 Å². The highest BCUT2D eigenvalue weighted by Crippen LogP contribution is 2.27. The van der Waals surface area contributed by atoms with Gasteiger partial charge in [-0.2, -0.15) is 10.4 Å². The summed E-state index contributed by atoms with van der Waals surface area (Å²) >= 11 is 0. The first-order valence-corrected chi connectivity index (χ1v) is 11.0. The van der Waals surface area contributed by atoms with Crippen LogP contribution in [0.15, 0.2) is 96.7 Å². The molecule has 0 aliphatic carbocycles. The zero-order valence-electron chi connectivity index (χ0n) is 18.8. The first-order valence-electron chi connectivity index (χ1n) is 11.0. The van der Waals surface area contributed by atoms with Gasteiger partial charge in [0.05, 0.1) is 24.5 Å². The summed E-state index contributed by atoms with van der Waals surface area (Å²) in [6.07, 6.45) is 3.43. The number of amides is 1. The molecule has 0 aliphatic heterocycles. The molecule has 0 atom stereocenters. The van der Waals surface area contributed by atoms with Crippen LogP contribution in [-0.4, -0.2) is 22.3 Å². The number of hydrogen-bond donors (Lipinski definition) is 1. The van der Waals surface area contributed by atoms with E-state index in [9.17, 15) is 10.1 Å². The van der Waals surface area contributed by atoms with E-state index in [-0.39, 0.29) is 5.57 Å². The predicted molar refractivity (Wildman–Crippen MR) is 133 cm³/mol. The minimum absolute atomic E-state index is 0.0252. The summed E-state index contributed by atoms with van der Waals surface area (Å²) in [5.41, 5.74) is 3.88. The molecule has 4 rings (SSSR count). The monoisotopic (exact) mass is 448 g/mol. The number of ether oxygens (including phenoxy) is 1. The Hall–Kier alpha value is -4.63. The second kappa shape index (κ2) is 10.8. The first-order chi connectivity index (χ1) is 16.7. The highest BCUT2D eigenvalue weighted by Gasteiger charge is 2.16. The second-order valence-corrected chi connectivity index (χ2v) is 7.54. The number of carbonyl (C=O) groups excluding carboxylic acids is 1. The molecule has 0 unspecified atom stereocenters. The van der Waals surface area contributed by atoms with E-state index in [1.54, 1.807) is 24.3 Å². The molecular weight excluding hydrogens is 424 g/mol. The number of rotatable bonds is 8. The molecule has 6 nitrogen and oxygen atoms in total. The van der Waals surface area contributed by atoms with E-state index in [1.807, 2.05) is 90.6 Å². The Morgan fingerprint density at radius 2 is 1.71 bits per heavy atom. The summed E-state index contributed by atoms with van der Waals surface area (Å²) < 4.78 is 7.40. The zero-order chi connectivity index (χ0) is 23.8. The van der Waals surface area contributed by atoms with Crippen LogP contribution in [0.4, 0.5) is 5.69 Å².